The minimum atomic E-state index is 0.279. The highest BCUT2D eigenvalue weighted by Crippen LogP contribution is 2.29. The molecule has 1 aliphatic heterocycles. The van der Waals surface area contributed by atoms with Gasteiger partial charge in [0.15, 0.2) is 0 Å². The highest BCUT2D eigenvalue weighted by molar-refractivity contribution is 5.80. The van der Waals surface area contributed by atoms with Crippen LogP contribution in [0.25, 0.3) is 0 Å². The Hall–Kier alpha value is -1.42. The maximum Gasteiger partial charge on any atom is 0.223 e. The lowest BCUT2D eigenvalue weighted by atomic mass is 9.96. The maximum absolute atomic E-state index is 11.6. The second kappa shape index (κ2) is 6.35. The summed E-state index contributed by atoms with van der Waals surface area (Å²) in [6, 6.07) is 6.09. The van der Waals surface area contributed by atoms with Crippen molar-refractivity contribution in [2.24, 2.45) is 11.8 Å². The molecule has 4 nitrogen and oxygen atoms in total. The summed E-state index contributed by atoms with van der Waals surface area (Å²) in [5, 5.41) is 3.11. The predicted octanol–water partition coefficient (Wildman–Crippen LogP) is 1.82. The lowest BCUT2D eigenvalue weighted by Crippen LogP contribution is -2.38. The number of hydrogen-bond acceptors (Lipinski definition) is 3. The van der Waals surface area contributed by atoms with Crippen molar-refractivity contribution < 1.29 is 4.79 Å². The zero-order chi connectivity index (χ0) is 13.8. The third-order valence-corrected chi connectivity index (χ3v) is 4.33. The molecule has 1 N–H and O–H groups in total. The average molecular weight is 273 g/mol. The van der Waals surface area contributed by atoms with Crippen molar-refractivity contribution in [3.8, 4) is 0 Å². The van der Waals surface area contributed by atoms with E-state index in [1.807, 2.05) is 18.3 Å². The molecule has 2 fully saturated rings. The van der Waals surface area contributed by atoms with E-state index in [1.54, 1.807) is 0 Å². The van der Waals surface area contributed by atoms with Crippen LogP contribution in [0.2, 0.25) is 0 Å². The lowest BCUT2D eigenvalue weighted by molar-refractivity contribution is -0.122. The first-order valence-electron chi connectivity index (χ1n) is 7.71. The summed E-state index contributed by atoms with van der Waals surface area (Å²) in [7, 11) is 0. The normalized spacial score (nSPS) is 20.8. The Kier molecular flexibility index (Phi) is 4.31. The van der Waals surface area contributed by atoms with E-state index < -0.39 is 0 Å². The van der Waals surface area contributed by atoms with Crippen molar-refractivity contribution in [2.75, 3.05) is 19.6 Å². The summed E-state index contributed by atoms with van der Waals surface area (Å²) in [5.74, 6) is 1.26. The van der Waals surface area contributed by atoms with Crippen molar-refractivity contribution in [3.63, 3.8) is 0 Å². The molecule has 1 aliphatic carbocycles. The fourth-order valence-corrected chi connectivity index (χ4v) is 2.80. The van der Waals surface area contributed by atoms with Crippen molar-refractivity contribution in [2.45, 2.75) is 32.2 Å². The van der Waals surface area contributed by atoms with Gasteiger partial charge in [0.1, 0.15) is 0 Å². The number of carbonyl (C=O) groups is 1. The monoisotopic (exact) mass is 273 g/mol. The fourth-order valence-electron chi connectivity index (χ4n) is 2.80. The quantitative estimate of drug-likeness (QED) is 0.890. The summed E-state index contributed by atoms with van der Waals surface area (Å²) in [4.78, 5) is 18.5. The molecule has 2 aliphatic rings. The molecule has 1 saturated heterocycles. The average Bonchev–Trinajstić information content (AvgIpc) is 3.32. The summed E-state index contributed by atoms with van der Waals surface area (Å²) >= 11 is 0. The fraction of sp³-hybridized carbons (Fsp3) is 0.625. The van der Waals surface area contributed by atoms with Crippen LogP contribution in [0.4, 0.5) is 0 Å². The van der Waals surface area contributed by atoms with Crippen molar-refractivity contribution in [1.29, 1.82) is 0 Å². The number of aromatic nitrogens is 1. The molecule has 0 unspecified atom stereocenters. The van der Waals surface area contributed by atoms with Gasteiger partial charge in [0, 0.05) is 25.2 Å². The molecule has 108 valence electrons. The van der Waals surface area contributed by atoms with E-state index in [9.17, 15) is 4.79 Å². The SMILES string of the molecule is O=C(NCC1CCN(Cc2ccccn2)CC1)C1CC1. The Morgan fingerprint density at radius 2 is 2.05 bits per heavy atom. The van der Waals surface area contributed by atoms with Crippen molar-refractivity contribution in [1.82, 2.24) is 15.2 Å². The zero-order valence-corrected chi connectivity index (χ0v) is 11.9. The van der Waals surface area contributed by atoms with Crippen LogP contribution >= 0.6 is 0 Å². The smallest absolute Gasteiger partial charge is 0.223 e. The molecule has 1 aromatic rings. The van der Waals surface area contributed by atoms with Gasteiger partial charge in [-0.1, -0.05) is 6.07 Å². The number of amides is 1. The molecule has 0 bridgehead atoms. The Balaban J connectivity index is 1.37. The summed E-state index contributed by atoms with van der Waals surface area (Å²) < 4.78 is 0. The van der Waals surface area contributed by atoms with Crippen molar-refractivity contribution >= 4 is 5.91 Å². The summed E-state index contributed by atoms with van der Waals surface area (Å²) in [5.41, 5.74) is 1.15. The van der Waals surface area contributed by atoms with Crippen LogP contribution < -0.4 is 5.32 Å². The topological polar surface area (TPSA) is 45.2 Å². The van der Waals surface area contributed by atoms with E-state index in [1.165, 1.54) is 12.8 Å². The van der Waals surface area contributed by atoms with Gasteiger partial charge in [-0.2, -0.15) is 0 Å². The molecule has 3 rings (SSSR count). The van der Waals surface area contributed by atoms with E-state index in [0.29, 0.717) is 11.8 Å². The first kappa shape index (κ1) is 13.6. The van der Waals surface area contributed by atoms with Gasteiger partial charge in [-0.25, -0.2) is 0 Å². The summed E-state index contributed by atoms with van der Waals surface area (Å²) in [6.07, 6.45) is 6.40. The van der Waals surface area contributed by atoms with Crippen LogP contribution in [-0.4, -0.2) is 35.4 Å². The van der Waals surface area contributed by atoms with Gasteiger partial charge in [0.05, 0.1) is 5.69 Å². The Bertz CT molecular complexity index is 436. The van der Waals surface area contributed by atoms with E-state index in [2.05, 4.69) is 21.3 Å². The lowest BCUT2D eigenvalue weighted by Gasteiger charge is -2.31. The maximum atomic E-state index is 11.6. The van der Waals surface area contributed by atoms with Crippen LogP contribution in [-0.2, 0) is 11.3 Å². The van der Waals surface area contributed by atoms with E-state index >= 15 is 0 Å². The number of hydrogen-bond donors (Lipinski definition) is 1. The molecular weight excluding hydrogens is 250 g/mol. The molecule has 20 heavy (non-hydrogen) atoms. The van der Waals surface area contributed by atoms with Gasteiger partial charge in [-0.3, -0.25) is 14.7 Å². The van der Waals surface area contributed by atoms with E-state index in [4.69, 9.17) is 0 Å². The molecule has 2 heterocycles. The van der Waals surface area contributed by atoms with Gasteiger partial charge in [0.2, 0.25) is 5.91 Å². The first-order chi connectivity index (χ1) is 9.81. The standard InChI is InChI=1S/C16H23N3O/c20-16(14-4-5-14)18-11-13-6-9-19(10-7-13)12-15-3-1-2-8-17-15/h1-3,8,13-14H,4-7,9-12H2,(H,18,20). The molecule has 1 saturated carbocycles. The third-order valence-electron chi connectivity index (χ3n) is 4.33. The highest BCUT2D eigenvalue weighted by atomic mass is 16.2. The number of rotatable bonds is 5. The molecule has 1 aromatic heterocycles. The first-order valence-corrected chi connectivity index (χ1v) is 7.71. The number of likely N-dealkylation sites (tertiary alicyclic amines) is 1. The Morgan fingerprint density at radius 1 is 1.25 bits per heavy atom. The van der Waals surface area contributed by atoms with Gasteiger partial charge in [-0.15, -0.1) is 0 Å². The number of carbonyl (C=O) groups excluding carboxylic acids is 1. The van der Waals surface area contributed by atoms with Gasteiger partial charge >= 0.3 is 0 Å². The minimum Gasteiger partial charge on any atom is -0.356 e. The largest absolute Gasteiger partial charge is 0.356 e. The number of piperidine rings is 1. The number of pyridine rings is 1. The molecule has 0 spiro atoms. The van der Waals surface area contributed by atoms with Gasteiger partial charge in [-0.05, 0) is 56.8 Å². The second-order valence-electron chi connectivity index (χ2n) is 6.06. The highest BCUT2D eigenvalue weighted by Gasteiger charge is 2.30. The molecule has 0 atom stereocenters. The summed E-state index contributed by atoms with van der Waals surface area (Å²) in [6.45, 7) is 4.04. The van der Waals surface area contributed by atoms with E-state index in [-0.39, 0.29) is 5.91 Å². The third kappa shape index (κ3) is 3.79. The molecule has 0 radical (unpaired) electrons. The van der Waals surface area contributed by atoms with Crippen LogP contribution in [0.3, 0.4) is 0 Å². The second-order valence-corrected chi connectivity index (χ2v) is 6.06. The van der Waals surface area contributed by atoms with Gasteiger partial charge < -0.3 is 5.32 Å². The Morgan fingerprint density at radius 3 is 2.70 bits per heavy atom. The van der Waals surface area contributed by atoms with E-state index in [0.717, 1.165) is 44.7 Å². The minimum absolute atomic E-state index is 0.279. The molecule has 0 aromatic carbocycles. The van der Waals surface area contributed by atoms with Gasteiger partial charge in [0.25, 0.3) is 0 Å². The number of nitrogens with zero attached hydrogens (tertiary/aromatic N) is 2. The Labute approximate surface area is 120 Å². The molecule has 1 amide bonds. The molecule has 4 heteroatoms. The predicted molar refractivity (Wildman–Crippen MR) is 78.0 cm³/mol. The van der Waals surface area contributed by atoms with Crippen LogP contribution in [0.1, 0.15) is 31.4 Å². The van der Waals surface area contributed by atoms with Crippen molar-refractivity contribution in [3.05, 3.63) is 30.1 Å². The number of nitrogens with one attached hydrogen (secondary N) is 1. The van der Waals surface area contributed by atoms with Crippen LogP contribution in [0, 0.1) is 11.8 Å². The van der Waals surface area contributed by atoms with Crippen LogP contribution in [0.15, 0.2) is 24.4 Å². The zero-order valence-electron chi connectivity index (χ0n) is 11.9. The molecular formula is C16H23N3O. The van der Waals surface area contributed by atoms with Crippen LogP contribution in [0.5, 0.6) is 0 Å².